The Bertz CT molecular complexity index is 409. The number of nitrogens with one attached hydrogen (secondary N) is 1. The van der Waals surface area contributed by atoms with Gasteiger partial charge in [-0.25, -0.2) is 4.39 Å². The van der Waals surface area contributed by atoms with Crippen LogP contribution < -0.4 is 5.32 Å². The van der Waals surface area contributed by atoms with E-state index in [4.69, 9.17) is 0 Å². The van der Waals surface area contributed by atoms with Crippen LogP contribution in [0.5, 0.6) is 0 Å². The van der Waals surface area contributed by atoms with E-state index in [2.05, 4.69) is 31.0 Å². The molecule has 0 unspecified atom stereocenters. The Morgan fingerprint density at radius 2 is 2.00 bits per heavy atom. The molecule has 1 N–H and O–H groups in total. The van der Waals surface area contributed by atoms with Crippen molar-refractivity contribution >= 4 is 5.69 Å². The Morgan fingerprint density at radius 3 is 2.63 bits per heavy atom. The molecule has 2 nitrogen and oxygen atoms in total. The summed E-state index contributed by atoms with van der Waals surface area (Å²) in [4.78, 5) is 2.43. The Kier molecular flexibility index (Phi) is 4.81. The molecular formula is C16H25FN2. The smallest absolute Gasteiger partial charge is 0.123 e. The number of halogens is 1. The number of anilines is 1. The molecule has 0 spiro atoms. The minimum Gasteiger partial charge on any atom is -0.383 e. The Balaban J connectivity index is 2.07. The van der Waals surface area contributed by atoms with Gasteiger partial charge in [-0.2, -0.15) is 0 Å². The van der Waals surface area contributed by atoms with E-state index in [0.29, 0.717) is 6.04 Å². The predicted octanol–water partition coefficient (Wildman–Crippen LogP) is 3.88. The first-order valence-corrected chi connectivity index (χ1v) is 7.32. The summed E-state index contributed by atoms with van der Waals surface area (Å²) < 4.78 is 13.5. The van der Waals surface area contributed by atoms with Crippen molar-refractivity contribution in [1.82, 2.24) is 4.90 Å². The minimum atomic E-state index is -0.144. The second-order valence-corrected chi connectivity index (χ2v) is 6.06. The van der Waals surface area contributed by atoms with Crippen LogP contribution in [0.2, 0.25) is 0 Å². The fraction of sp³-hybridized carbons (Fsp3) is 0.625. The summed E-state index contributed by atoms with van der Waals surface area (Å²) in [7, 11) is 0. The first-order valence-electron chi connectivity index (χ1n) is 7.32. The van der Waals surface area contributed by atoms with Gasteiger partial charge in [-0.3, -0.25) is 4.90 Å². The molecule has 2 rings (SSSR count). The van der Waals surface area contributed by atoms with Gasteiger partial charge in [0.05, 0.1) is 0 Å². The number of rotatable bonds is 4. The number of hydrogen-bond donors (Lipinski definition) is 1. The van der Waals surface area contributed by atoms with E-state index in [1.165, 1.54) is 18.9 Å². The lowest BCUT2D eigenvalue weighted by Gasteiger charge is -2.31. The van der Waals surface area contributed by atoms with E-state index in [9.17, 15) is 4.39 Å². The summed E-state index contributed by atoms with van der Waals surface area (Å²) in [5, 5.41) is 3.41. The van der Waals surface area contributed by atoms with Crippen molar-refractivity contribution < 1.29 is 4.39 Å². The summed E-state index contributed by atoms with van der Waals surface area (Å²) >= 11 is 0. The fourth-order valence-corrected chi connectivity index (χ4v) is 2.61. The highest BCUT2D eigenvalue weighted by Gasteiger charge is 2.17. The average molecular weight is 264 g/mol. The highest BCUT2D eigenvalue weighted by atomic mass is 19.1. The molecule has 3 heteroatoms. The summed E-state index contributed by atoms with van der Waals surface area (Å²) in [5.74, 6) is 0.687. The Labute approximate surface area is 116 Å². The van der Waals surface area contributed by atoms with Crippen LogP contribution in [0.4, 0.5) is 10.1 Å². The fourth-order valence-electron chi connectivity index (χ4n) is 2.61. The summed E-state index contributed by atoms with van der Waals surface area (Å²) in [6, 6.07) is 5.43. The summed E-state index contributed by atoms with van der Waals surface area (Å²) in [5.41, 5.74) is 2.14. The second-order valence-electron chi connectivity index (χ2n) is 6.06. The number of benzene rings is 1. The number of hydrogen-bond acceptors (Lipinski definition) is 2. The quantitative estimate of drug-likeness (QED) is 0.888. The Hall–Kier alpha value is -1.09. The lowest BCUT2D eigenvalue weighted by Crippen LogP contribution is -2.32. The highest BCUT2D eigenvalue weighted by Crippen LogP contribution is 2.23. The minimum absolute atomic E-state index is 0.144. The maximum atomic E-state index is 13.5. The zero-order valence-corrected chi connectivity index (χ0v) is 12.2. The lowest BCUT2D eigenvalue weighted by atomic mass is 9.98. The van der Waals surface area contributed by atoms with Crippen molar-refractivity contribution in [3.63, 3.8) is 0 Å². The van der Waals surface area contributed by atoms with Crippen molar-refractivity contribution in [2.24, 2.45) is 5.92 Å². The molecular weight excluding hydrogens is 239 g/mol. The van der Waals surface area contributed by atoms with Gasteiger partial charge >= 0.3 is 0 Å². The molecule has 1 fully saturated rings. The van der Waals surface area contributed by atoms with Crippen LogP contribution in [0.3, 0.4) is 0 Å². The maximum Gasteiger partial charge on any atom is 0.123 e. The zero-order valence-electron chi connectivity index (χ0n) is 12.2. The van der Waals surface area contributed by atoms with Gasteiger partial charge in [0.1, 0.15) is 5.82 Å². The molecule has 1 aliphatic heterocycles. The monoisotopic (exact) mass is 264 g/mol. The molecule has 1 aromatic rings. The summed E-state index contributed by atoms with van der Waals surface area (Å²) in [6.07, 6.45) is 2.50. The normalized spacial score (nSPS) is 17.9. The van der Waals surface area contributed by atoms with Crippen molar-refractivity contribution in [3.8, 4) is 0 Å². The molecule has 1 saturated heterocycles. The van der Waals surface area contributed by atoms with Crippen LogP contribution in [-0.2, 0) is 6.54 Å². The standard InChI is InChI=1S/C16H25FN2/c1-12(2)18-16-5-4-15(17)10-14(16)11-19-8-6-13(3)7-9-19/h4-5,10,12-13,18H,6-9,11H2,1-3H3. The van der Waals surface area contributed by atoms with Gasteiger partial charge in [0.2, 0.25) is 0 Å². The molecule has 0 aliphatic carbocycles. The predicted molar refractivity (Wildman–Crippen MR) is 78.8 cm³/mol. The van der Waals surface area contributed by atoms with Crippen LogP contribution in [-0.4, -0.2) is 24.0 Å². The molecule has 0 bridgehead atoms. The third kappa shape index (κ3) is 4.20. The Morgan fingerprint density at radius 1 is 1.32 bits per heavy atom. The van der Waals surface area contributed by atoms with Crippen LogP contribution in [0.15, 0.2) is 18.2 Å². The highest BCUT2D eigenvalue weighted by molar-refractivity contribution is 5.51. The third-order valence-corrected chi connectivity index (χ3v) is 3.78. The number of nitrogens with zero attached hydrogens (tertiary/aromatic N) is 1. The topological polar surface area (TPSA) is 15.3 Å². The van der Waals surface area contributed by atoms with Gasteiger partial charge in [-0.1, -0.05) is 6.92 Å². The second kappa shape index (κ2) is 6.38. The van der Waals surface area contributed by atoms with Gasteiger partial charge in [0.25, 0.3) is 0 Å². The molecule has 0 atom stereocenters. The lowest BCUT2D eigenvalue weighted by molar-refractivity contribution is 0.185. The van der Waals surface area contributed by atoms with Crippen LogP contribution >= 0.6 is 0 Å². The van der Waals surface area contributed by atoms with E-state index in [0.717, 1.165) is 36.8 Å². The first-order chi connectivity index (χ1) is 9.04. The van der Waals surface area contributed by atoms with E-state index in [1.54, 1.807) is 6.07 Å². The van der Waals surface area contributed by atoms with Crippen LogP contribution in [0.25, 0.3) is 0 Å². The molecule has 0 amide bonds. The average Bonchev–Trinajstić information content (AvgIpc) is 2.35. The molecule has 0 radical (unpaired) electrons. The van der Waals surface area contributed by atoms with Crippen molar-refractivity contribution in [2.75, 3.05) is 18.4 Å². The zero-order chi connectivity index (χ0) is 13.8. The first kappa shape index (κ1) is 14.3. The molecule has 0 aromatic heterocycles. The largest absolute Gasteiger partial charge is 0.383 e. The number of piperidine rings is 1. The van der Waals surface area contributed by atoms with Crippen molar-refractivity contribution in [3.05, 3.63) is 29.6 Å². The molecule has 0 saturated carbocycles. The maximum absolute atomic E-state index is 13.5. The van der Waals surface area contributed by atoms with Gasteiger partial charge in [0, 0.05) is 18.3 Å². The van der Waals surface area contributed by atoms with Gasteiger partial charge in [0.15, 0.2) is 0 Å². The van der Waals surface area contributed by atoms with E-state index in [-0.39, 0.29) is 5.82 Å². The van der Waals surface area contributed by atoms with Crippen molar-refractivity contribution in [1.29, 1.82) is 0 Å². The van der Waals surface area contributed by atoms with Gasteiger partial charge in [-0.05, 0) is 69.5 Å². The third-order valence-electron chi connectivity index (χ3n) is 3.78. The van der Waals surface area contributed by atoms with Crippen molar-refractivity contribution in [2.45, 2.75) is 46.2 Å². The van der Waals surface area contributed by atoms with E-state index < -0.39 is 0 Å². The SMILES string of the molecule is CC1CCN(Cc2cc(F)ccc2NC(C)C)CC1. The van der Waals surface area contributed by atoms with E-state index >= 15 is 0 Å². The molecule has 1 aliphatic rings. The summed E-state index contributed by atoms with van der Waals surface area (Å²) in [6.45, 7) is 9.62. The molecule has 1 aromatic carbocycles. The van der Waals surface area contributed by atoms with E-state index in [1.807, 2.05) is 6.07 Å². The number of likely N-dealkylation sites (tertiary alicyclic amines) is 1. The molecule has 1 heterocycles. The molecule has 106 valence electrons. The molecule has 19 heavy (non-hydrogen) atoms. The van der Waals surface area contributed by atoms with Crippen LogP contribution in [0, 0.1) is 11.7 Å². The van der Waals surface area contributed by atoms with Gasteiger partial charge < -0.3 is 5.32 Å². The van der Waals surface area contributed by atoms with Gasteiger partial charge in [-0.15, -0.1) is 0 Å². The van der Waals surface area contributed by atoms with Crippen LogP contribution in [0.1, 0.15) is 39.2 Å².